The van der Waals surface area contributed by atoms with Crippen molar-refractivity contribution >= 4 is 27.5 Å². The summed E-state index contributed by atoms with van der Waals surface area (Å²) in [6.45, 7) is 3.14. The van der Waals surface area contributed by atoms with Gasteiger partial charge in [0.1, 0.15) is 5.15 Å². The van der Waals surface area contributed by atoms with E-state index in [1.54, 1.807) is 42.5 Å². The third-order valence-corrected chi connectivity index (χ3v) is 7.05. The third-order valence-electron chi connectivity index (χ3n) is 4.71. The number of aryl methyl sites for hydroxylation is 2. The van der Waals surface area contributed by atoms with Gasteiger partial charge in [0.05, 0.1) is 16.2 Å². The van der Waals surface area contributed by atoms with Crippen LogP contribution in [0.1, 0.15) is 40.9 Å². The van der Waals surface area contributed by atoms with Gasteiger partial charge in [-0.1, -0.05) is 30.2 Å². The van der Waals surface area contributed by atoms with Crippen molar-refractivity contribution in [2.45, 2.75) is 37.6 Å². The fourth-order valence-corrected chi connectivity index (χ4v) is 4.97. The van der Waals surface area contributed by atoms with Crippen LogP contribution in [0.25, 0.3) is 0 Å². The van der Waals surface area contributed by atoms with Gasteiger partial charge in [-0.3, -0.25) is 9.48 Å². The Bertz CT molecular complexity index is 932. The van der Waals surface area contributed by atoms with Gasteiger partial charge in [0.2, 0.25) is 10.0 Å². The van der Waals surface area contributed by atoms with E-state index >= 15 is 0 Å². The van der Waals surface area contributed by atoms with Crippen molar-refractivity contribution in [3.8, 4) is 0 Å². The molecule has 0 bridgehead atoms. The van der Waals surface area contributed by atoms with Gasteiger partial charge in [-0.15, -0.1) is 0 Å². The van der Waals surface area contributed by atoms with E-state index < -0.39 is 10.0 Å². The van der Waals surface area contributed by atoms with Crippen LogP contribution in [0.4, 0.5) is 0 Å². The molecule has 1 aromatic carbocycles. The largest absolute Gasteiger partial charge is 0.348 e. The lowest BCUT2D eigenvalue weighted by molar-refractivity contribution is 0.0950. The molecule has 0 atom stereocenters. The molecule has 1 fully saturated rings. The topological polar surface area (TPSA) is 84.3 Å². The zero-order valence-corrected chi connectivity index (χ0v) is 17.0. The van der Waals surface area contributed by atoms with E-state index in [1.165, 1.54) is 4.68 Å². The van der Waals surface area contributed by atoms with E-state index in [4.69, 9.17) is 11.6 Å². The molecule has 1 aliphatic heterocycles. The zero-order chi connectivity index (χ0) is 19.6. The van der Waals surface area contributed by atoms with Crippen LogP contribution in [0.3, 0.4) is 0 Å². The summed E-state index contributed by atoms with van der Waals surface area (Å²) in [5.74, 6) is -0.310. The Morgan fingerprint density at radius 1 is 1.19 bits per heavy atom. The van der Waals surface area contributed by atoms with E-state index in [0.717, 1.165) is 24.8 Å². The average Bonchev–Trinajstić information content (AvgIpc) is 2.92. The van der Waals surface area contributed by atoms with Gasteiger partial charge in [-0.05, 0) is 37.5 Å². The number of hydrogen-bond donors (Lipinski definition) is 1. The number of nitrogens with zero attached hydrogens (tertiary/aromatic N) is 3. The number of halogens is 1. The molecule has 1 saturated heterocycles. The molecule has 0 spiro atoms. The lowest BCUT2D eigenvalue weighted by Gasteiger charge is -2.25. The Labute approximate surface area is 164 Å². The first-order valence-corrected chi connectivity index (χ1v) is 10.7. The minimum absolute atomic E-state index is 0.271. The molecule has 1 aromatic heterocycles. The Morgan fingerprint density at radius 2 is 1.81 bits per heavy atom. The minimum Gasteiger partial charge on any atom is -0.348 e. The van der Waals surface area contributed by atoms with Gasteiger partial charge in [0.25, 0.3) is 5.91 Å². The average molecular weight is 411 g/mol. The SMILES string of the molecule is Cc1nn(C)c(Cl)c1C(=O)NCc1ccc(S(=O)(=O)N2CCCCC2)cc1. The second-order valence-corrected chi connectivity index (χ2v) is 8.96. The quantitative estimate of drug-likeness (QED) is 0.820. The number of piperidine rings is 1. The zero-order valence-electron chi connectivity index (χ0n) is 15.4. The number of amides is 1. The van der Waals surface area contributed by atoms with Crippen molar-refractivity contribution in [2.24, 2.45) is 7.05 Å². The van der Waals surface area contributed by atoms with Crippen LogP contribution >= 0.6 is 11.6 Å². The van der Waals surface area contributed by atoms with E-state index in [2.05, 4.69) is 10.4 Å². The highest BCUT2D eigenvalue weighted by Crippen LogP contribution is 2.21. The van der Waals surface area contributed by atoms with E-state index in [0.29, 0.717) is 24.3 Å². The standard InChI is InChI=1S/C18H23ClN4O3S/c1-13-16(17(19)22(2)21-13)18(24)20-12-14-6-8-15(9-7-14)27(25,26)23-10-4-3-5-11-23/h6-9H,3-5,10-12H2,1-2H3,(H,20,24). The summed E-state index contributed by atoms with van der Waals surface area (Å²) in [5.41, 5.74) is 1.71. The van der Waals surface area contributed by atoms with Gasteiger partial charge in [0.15, 0.2) is 0 Å². The van der Waals surface area contributed by atoms with Crippen molar-refractivity contribution in [2.75, 3.05) is 13.1 Å². The molecule has 0 radical (unpaired) electrons. The molecule has 3 rings (SSSR count). The fourth-order valence-electron chi connectivity index (χ4n) is 3.19. The van der Waals surface area contributed by atoms with Gasteiger partial charge < -0.3 is 5.32 Å². The van der Waals surface area contributed by atoms with E-state index in [1.807, 2.05) is 0 Å². The van der Waals surface area contributed by atoms with Crippen molar-refractivity contribution in [1.82, 2.24) is 19.4 Å². The molecular weight excluding hydrogens is 388 g/mol. The molecule has 9 heteroatoms. The minimum atomic E-state index is -3.44. The smallest absolute Gasteiger partial charge is 0.256 e. The lowest BCUT2D eigenvalue weighted by Crippen LogP contribution is -2.35. The molecule has 0 unspecified atom stereocenters. The molecule has 0 aliphatic carbocycles. The molecule has 0 saturated carbocycles. The summed E-state index contributed by atoms with van der Waals surface area (Å²) in [6, 6.07) is 6.62. The molecule has 1 aliphatic rings. The molecule has 146 valence electrons. The number of rotatable bonds is 5. The second-order valence-electron chi connectivity index (χ2n) is 6.67. The highest BCUT2D eigenvalue weighted by Gasteiger charge is 2.25. The first kappa shape index (κ1) is 19.9. The van der Waals surface area contributed by atoms with Gasteiger partial charge in [-0.25, -0.2) is 8.42 Å². The Morgan fingerprint density at radius 3 is 2.37 bits per heavy atom. The first-order valence-electron chi connectivity index (χ1n) is 8.87. The molecule has 7 nitrogen and oxygen atoms in total. The highest BCUT2D eigenvalue weighted by molar-refractivity contribution is 7.89. The Hall–Kier alpha value is -1.90. The molecule has 27 heavy (non-hydrogen) atoms. The Kier molecular flexibility index (Phi) is 5.88. The number of carbonyl (C=O) groups is 1. The van der Waals surface area contributed by atoms with Crippen LogP contribution in [0.5, 0.6) is 0 Å². The first-order chi connectivity index (χ1) is 12.8. The number of nitrogens with one attached hydrogen (secondary N) is 1. The Balaban J connectivity index is 1.66. The van der Waals surface area contributed by atoms with Crippen LogP contribution in [-0.2, 0) is 23.6 Å². The molecule has 2 heterocycles. The summed E-state index contributed by atoms with van der Waals surface area (Å²) in [6.07, 6.45) is 2.88. The van der Waals surface area contributed by atoms with Crippen molar-refractivity contribution < 1.29 is 13.2 Å². The third kappa shape index (κ3) is 4.17. The van der Waals surface area contributed by atoms with Crippen LogP contribution in [0.15, 0.2) is 29.2 Å². The lowest BCUT2D eigenvalue weighted by atomic mass is 10.2. The number of carbonyl (C=O) groups excluding carboxylic acids is 1. The van der Waals surface area contributed by atoms with Gasteiger partial charge in [-0.2, -0.15) is 9.40 Å². The van der Waals surface area contributed by atoms with Gasteiger partial charge >= 0.3 is 0 Å². The molecular formula is C18H23ClN4O3S. The number of aromatic nitrogens is 2. The number of benzene rings is 1. The van der Waals surface area contributed by atoms with Crippen molar-refractivity contribution in [1.29, 1.82) is 0 Å². The second kappa shape index (κ2) is 8.00. The van der Waals surface area contributed by atoms with E-state index in [9.17, 15) is 13.2 Å². The maximum atomic E-state index is 12.7. The summed E-state index contributed by atoms with van der Waals surface area (Å²) < 4.78 is 28.3. The normalized spacial score (nSPS) is 15.7. The summed E-state index contributed by atoms with van der Waals surface area (Å²) in [7, 11) is -1.77. The van der Waals surface area contributed by atoms with Crippen LogP contribution in [0.2, 0.25) is 5.15 Å². The maximum absolute atomic E-state index is 12.7. The number of sulfonamides is 1. The summed E-state index contributed by atoms with van der Waals surface area (Å²) >= 11 is 6.10. The monoisotopic (exact) mass is 410 g/mol. The van der Waals surface area contributed by atoms with E-state index in [-0.39, 0.29) is 22.5 Å². The molecule has 1 amide bonds. The molecule has 1 N–H and O–H groups in total. The highest BCUT2D eigenvalue weighted by atomic mass is 35.5. The summed E-state index contributed by atoms with van der Waals surface area (Å²) in [4.78, 5) is 12.6. The maximum Gasteiger partial charge on any atom is 0.256 e. The summed E-state index contributed by atoms with van der Waals surface area (Å²) in [5, 5.41) is 7.20. The van der Waals surface area contributed by atoms with Crippen molar-refractivity contribution in [3.63, 3.8) is 0 Å². The van der Waals surface area contributed by atoms with Gasteiger partial charge in [0, 0.05) is 26.7 Å². The van der Waals surface area contributed by atoms with Crippen LogP contribution in [0, 0.1) is 6.92 Å². The predicted molar refractivity (Wildman–Crippen MR) is 103 cm³/mol. The predicted octanol–water partition coefficient (Wildman–Crippen LogP) is 2.49. The fraction of sp³-hybridized carbons (Fsp3) is 0.444. The van der Waals surface area contributed by atoms with Crippen LogP contribution < -0.4 is 5.32 Å². The number of hydrogen-bond acceptors (Lipinski definition) is 4. The van der Waals surface area contributed by atoms with Crippen LogP contribution in [-0.4, -0.2) is 41.5 Å². The van der Waals surface area contributed by atoms with Crippen molar-refractivity contribution in [3.05, 3.63) is 46.2 Å². The molecule has 2 aromatic rings.